The Morgan fingerprint density at radius 2 is 2.00 bits per heavy atom. The van der Waals surface area contributed by atoms with Gasteiger partial charge in [0.25, 0.3) is 0 Å². The number of nitrogens with zero attached hydrogens (tertiary/aromatic N) is 2. The molecule has 0 unspecified atom stereocenters. The van der Waals surface area contributed by atoms with Crippen LogP contribution in [-0.4, -0.2) is 20.6 Å². The van der Waals surface area contributed by atoms with Gasteiger partial charge >= 0.3 is 5.97 Å². The monoisotopic (exact) mass is 382 g/mol. The normalized spacial score (nSPS) is 11.4. The molecule has 1 N–H and O–H groups in total. The molecular formula is C21H16ClFN2O2. The first-order valence-electron chi connectivity index (χ1n) is 8.43. The third-order valence-corrected chi connectivity index (χ3v) is 5.19. The van der Waals surface area contributed by atoms with Crippen LogP contribution in [0.15, 0.2) is 42.6 Å². The predicted octanol–water partition coefficient (Wildman–Crippen LogP) is 5.35. The topological polar surface area (TPSA) is 55.1 Å². The summed E-state index contributed by atoms with van der Waals surface area (Å²) in [4.78, 5) is 15.8. The summed E-state index contributed by atoms with van der Waals surface area (Å²) < 4.78 is 16.1. The van der Waals surface area contributed by atoms with Crippen LogP contribution >= 0.6 is 11.6 Å². The number of aliphatic carboxylic acids is 1. The highest BCUT2D eigenvalue weighted by molar-refractivity contribution is 6.31. The highest BCUT2D eigenvalue weighted by Crippen LogP contribution is 2.40. The fraction of sp³-hybridized carbons (Fsp3) is 0.143. The molecule has 4 nitrogen and oxygen atoms in total. The Kier molecular flexibility index (Phi) is 4.12. The van der Waals surface area contributed by atoms with Crippen LogP contribution in [0, 0.1) is 19.7 Å². The Balaban J connectivity index is 2.16. The largest absolute Gasteiger partial charge is 0.480 e. The lowest BCUT2D eigenvalue weighted by molar-refractivity contribution is -0.137. The fourth-order valence-electron chi connectivity index (χ4n) is 3.72. The van der Waals surface area contributed by atoms with Gasteiger partial charge in [-0.3, -0.25) is 9.78 Å². The summed E-state index contributed by atoms with van der Waals surface area (Å²) in [7, 11) is 0. The van der Waals surface area contributed by atoms with Crippen molar-refractivity contribution in [3.8, 4) is 11.1 Å². The molecule has 0 fully saturated rings. The highest BCUT2D eigenvalue weighted by Gasteiger charge is 2.21. The van der Waals surface area contributed by atoms with Gasteiger partial charge in [-0.25, -0.2) is 4.39 Å². The van der Waals surface area contributed by atoms with Crippen molar-refractivity contribution < 1.29 is 14.3 Å². The molecule has 136 valence electrons. The number of aryl methyl sites for hydroxylation is 1. The van der Waals surface area contributed by atoms with Crippen molar-refractivity contribution in [1.82, 2.24) is 9.55 Å². The summed E-state index contributed by atoms with van der Waals surface area (Å²) in [5, 5.41) is 11.5. The molecule has 0 radical (unpaired) electrons. The van der Waals surface area contributed by atoms with Crippen molar-refractivity contribution >= 4 is 39.4 Å². The number of benzene rings is 2. The standard InChI is InChI=1S/C21H16ClFN2O2/c1-11-16(23)5-6-18-20(11)21(12(2)25(18)10-19(26)27)15-7-8-24-17-9-13(22)3-4-14(15)17/h3-9H,10H2,1-2H3,(H,26,27). The van der Waals surface area contributed by atoms with Crippen molar-refractivity contribution in [2.45, 2.75) is 20.4 Å². The minimum atomic E-state index is -0.949. The maximum Gasteiger partial charge on any atom is 0.323 e. The zero-order chi connectivity index (χ0) is 19.3. The van der Waals surface area contributed by atoms with Crippen LogP contribution in [0.4, 0.5) is 4.39 Å². The van der Waals surface area contributed by atoms with Gasteiger partial charge in [0.1, 0.15) is 12.4 Å². The van der Waals surface area contributed by atoms with Gasteiger partial charge in [-0.1, -0.05) is 17.7 Å². The molecular weight excluding hydrogens is 367 g/mol. The third kappa shape index (κ3) is 2.75. The summed E-state index contributed by atoms with van der Waals surface area (Å²) in [6.07, 6.45) is 1.68. The summed E-state index contributed by atoms with van der Waals surface area (Å²) in [6.45, 7) is 3.38. The lowest BCUT2D eigenvalue weighted by atomic mass is 9.96. The highest BCUT2D eigenvalue weighted by atomic mass is 35.5. The molecule has 4 aromatic rings. The molecule has 4 rings (SSSR count). The zero-order valence-corrected chi connectivity index (χ0v) is 15.5. The smallest absolute Gasteiger partial charge is 0.323 e. The van der Waals surface area contributed by atoms with E-state index >= 15 is 0 Å². The van der Waals surface area contributed by atoms with Gasteiger partial charge in [-0.15, -0.1) is 0 Å². The Morgan fingerprint density at radius 3 is 2.74 bits per heavy atom. The summed E-state index contributed by atoms with van der Waals surface area (Å²) >= 11 is 6.09. The van der Waals surface area contributed by atoms with Gasteiger partial charge < -0.3 is 9.67 Å². The first kappa shape index (κ1) is 17.5. The number of aromatic nitrogens is 2. The van der Waals surface area contributed by atoms with Crippen molar-refractivity contribution in [3.05, 3.63) is 64.7 Å². The summed E-state index contributed by atoms with van der Waals surface area (Å²) in [5.74, 6) is -1.27. The van der Waals surface area contributed by atoms with Crippen LogP contribution in [0.1, 0.15) is 11.3 Å². The van der Waals surface area contributed by atoms with E-state index in [1.165, 1.54) is 6.07 Å². The number of fused-ring (bicyclic) bond motifs is 2. The molecule has 27 heavy (non-hydrogen) atoms. The number of carboxylic acids is 1. The van der Waals surface area contributed by atoms with E-state index in [1.54, 1.807) is 35.9 Å². The number of hydrogen-bond donors (Lipinski definition) is 1. The van der Waals surface area contributed by atoms with Crippen LogP contribution in [0.2, 0.25) is 5.02 Å². The second-order valence-corrected chi connectivity index (χ2v) is 6.96. The summed E-state index contributed by atoms with van der Waals surface area (Å²) in [5.41, 5.74) is 4.38. The van der Waals surface area contributed by atoms with E-state index in [1.807, 2.05) is 19.1 Å². The minimum absolute atomic E-state index is 0.192. The van der Waals surface area contributed by atoms with Gasteiger partial charge in [-0.05, 0) is 55.3 Å². The molecule has 0 atom stereocenters. The molecule has 2 heterocycles. The molecule has 0 aliphatic rings. The van der Waals surface area contributed by atoms with Crippen molar-refractivity contribution in [2.24, 2.45) is 0 Å². The maximum absolute atomic E-state index is 14.4. The van der Waals surface area contributed by atoms with E-state index in [0.717, 1.165) is 33.1 Å². The van der Waals surface area contributed by atoms with Gasteiger partial charge in [0.2, 0.25) is 0 Å². The number of carbonyl (C=O) groups is 1. The van der Waals surface area contributed by atoms with E-state index < -0.39 is 5.97 Å². The van der Waals surface area contributed by atoms with E-state index in [2.05, 4.69) is 4.98 Å². The van der Waals surface area contributed by atoms with E-state index in [9.17, 15) is 14.3 Å². The molecule has 0 aliphatic carbocycles. The Hall–Kier alpha value is -2.92. The maximum atomic E-state index is 14.4. The summed E-state index contributed by atoms with van der Waals surface area (Å²) in [6, 6.07) is 10.3. The average Bonchev–Trinajstić information content (AvgIpc) is 2.89. The van der Waals surface area contributed by atoms with Crippen molar-refractivity contribution in [2.75, 3.05) is 0 Å². The first-order chi connectivity index (χ1) is 12.9. The lowest BCUT2D eigenvalue weighted by Gasteiger charge is -2.09. The molecule has 6 heteroatoms. The first-order valence-corrected chi connectivity index (χ1v) is 8.80. The second kappa shape index (κ2) is 6.35. The predicted molar refractivity (Wildman–Crippen MR) is 105 cm³/mol. The van der Waals surface area contributed by atoms with Crippen molar-refractivity contribution in [1.29, 1.82) is 0 Å². The second-order valence-electron chi connectivity index (χ2n) is 6.53. The van der Waals surface area contributed by atoms with Gasteiger partial charge in [-0.2, -0.15) is 0 Å². The SMILES string of the molecule is Cc1c(F)ccc2c1c(-c1ccnc3cc(Cl)ccc13)c(C)n2CC(=O)O. The fourth-order valence-corrected chi connectivity index (χ4v) is 3.88. The average molecular weight is 383 g/mol. The molecule has 0 spiro atoms. The van der Waals surface area contributed by atoms with Crippen LogP contribution in [0.3, 0.4) is 0 Å². The van der Waals surface area contributed by atoms with Crippen molar-refractivity contribution in [3.63, 3.8) is 0 Å². The lowest BCUT2D eigenvalue weighted by Crippen LogP contribution is -2.10. The molecule has 0 aliphatic heterocycles. The van der Waals surface area contributed by atoms with Gasteiger partial charge in [0, 0.05) is 38.8 Å². The minimum Gasteiger partial charge on any atom is -0.480 e. The number of rotatable bonds is 3. The zero-order valence-electron chi connectivity index (χ0n) is 14.8. The number of pyridine rings is 1. The number of halogens is 2. The molecule has 0 bridgehead atoms. The Labute approximate surface area is 159 Å². The molecule has 2 aromatic carbocycles. The van der Waals surface area contributed by atoms with E-state index in [-0.39, 0.29) is 12.4 Å². The van der Waals surface area contributed by atoms with E-state index in [4.69, 9.17) is 11.6 Å². The van der Waals surface area contributed by atoms with Crippen LogP contribution < -0.4 is 0 Å². The van der Waals surface area contributed by atoms with Crippen LogP contribution in [0.5, 0.6) is 0 Å². The Morgan fingerprint density at radius 1 is 1.22 bits per heavy atom. The van der Waals surface area contributed by atoms with Gasteiger partial charge in [0.15, 0.2) is 0 Å². The Bertz CT molecular complexity index is 1230. The van der Waals surface area contributed by atoms with Crippen LogP contribution in [-0.2, 0) is 11.3 Å². The van der Waals surface area contributed by atoms with Crippen LogP contribution in [0.25, 0.3) is 32.9 Å². The molecule has 0 amide bonds. The van der Waals surface area contributed by atoms with E-state index in [0.29, 0.717) is 16.1 Å². The quantitative estimate of drug-likeness (QED) is 0.519. The number of hydrogen-bond acceptors (Lipinski definition) is 2. The third-order valence-electron chi connectivity index (χ3n) is 4.95. The van der Waals surface area contributed by atoms with Gasteiger partial charge in [0.05, 0.1) is 5.52 Å². The molecule has 2 aromatic heterocycles. The molecule has 0 saturated carbocycles. The molecule has 0 saturated heterocycles. The number of carboxylic acid groups (broad SMARTS) is 1.